The molecule has 7 heteroatoms. The highest BCUT2D eigenvalue weighted by molar-refractivity contribution is 5.94. The van der Waals surface area contributed by atoms with Crippen LogP contribution in [0.25, 0.3) is 11.0 Å². The number of esters is 1. The van der Waals surface area contributed by atoms with Crippen LogP contribution >= 0.6 is 0 Å². The summed E-state index contributed by atoms with van der Waals surface area (Å²) in [6.45, 7) is 5.94. The number of nitrogens with zero attached hydrogens (tertiary/aromatic N) is 3. The van der Waals surface area contributed by atoms with E-state index in [1.54, 1.807) is 12.3 Å². The minimum Gasteiger partial charge on any atom is -0.464 e. The van der Waals surface area contributed by atoms with E-state index in [0.29, 0.717) is 11.3 Å². The number of nitrogens with one attached hydrogen (secondary N) is 2. The van der Waals surface area contributed by atoms with Gasteiger partial charge in [0, 0.05) is 31.1 Å². The molecule has 1 unspecified atom stereocenters. The second-order valence-corrected chi connectivity index (χ2v) is 5.90. The molecule has 2 aromatic heterocycles. The first-order chi connectivity index (χ1) is 11.1. The van der Waals surface area contributed by atoms with E-state index in [1.807, 2.05) is 12.3 Å². The lowest BCUT2D eigenvalue weighted by atomic mass is 9.99. The molecular weight excluding hydrogens is 294 g/mol. The lowest BCUT2D eigenvalue weighted by molar-refractivity contribution is 0.0595. The maximum atomic E-state index is 11.6. The average molecular weight is 315 g/mol. The Bertz CT molecular complexity index is 754. The van der Waals surface area contributed by atoms with Gasteiger partial charge in [-0.3, -0.25) is 5.01 Å². The number of ether oxygens (including phenoxy) is 1. The van der Waals surface area contributed by atoms with Crippen molar-refractivity contribution in [1.29, 1.82) is 0 Å². The Kier molecular flexibility index (Phi) is 3.94. The molecule has 3 heterocycles. The second kappa shape index (κ2) is 5.91. The first-order valence-electron chi connectivity index (χ1n) is 7.67. The van der Waals surface area contributed by atoms with Crippen LogP contribution in [0, 0.1) is 0 Å². The van der Waals surface area contributed by atoms with Crippen molar-refractivity contribution in [3.05, 3.63) is 24.0 Å². The van der Waals surface area contributed by atoms with Crippen LogP contribution in [0.1, 0.15) is 30.8 Å². The number of hydrogen-bond acceptors (Lipinski definition) is 6. The van der Waals surface area contributed by atoms with Crippen molar-refractivity contribution in [2.45, 2.75) is 25.8 Å². The Balaban J connectivity index is 1.75. The fourth-order valence-corrected chi connectivity index (χ4v) is 2.83. The molecule has 0 aromatic carbocycles. The fourth-order valence-electron chi connectivity index (χ4n) is 2.83. The molecule has 0 bridgehead atoms. The molecule has 0 saturated carbocycles. The molecule has 0 spiro atoms. The lowest BCUT2D eigenvalue weighted by Crippen LogP contribution is -2.45. The Labute approximate surface area is 134 Å². The van der Waals surface area contributed by atoms with Gasteiger partial charge in [-0.25, -0.2) is 9.78 Å². The standard InChI is InChI=1S/C16H21N5O2/c1-4-21-16(2,5-6-19-21)10-18-12-7-11-8-13(15(22)23-3)20-14(11)17-9-12/h6-9,18H,4-5,10H2,1-3H3,(H,17,20). The molecule has 0 fully saturated rings. The van der Waals surface area contributed by atoms with Gasteiger partial charge in [-0.15, -0.1) is 0 Å². The van der Waals surface area contributed by atoms with E-state index in [-0.39, 0.29) is 5.54 Å². The molecule has 3 rings (SSSR count). The van der Waals surface area contributed by atoms with E-state index >= 15 is 0 Å². The van der Waals surface area contributed by atoms with Gasteiger partial charge in [-0.1, -0.05) is 0 Å². The summed E-state index contributed by atoms with van der Waals surface area (Å²) >= 11 is 0. The highest BCUT2D eigenvalue weighted by atomic mass is 16.5. The Morgan fingerprint density at radius 3 is 3.09 bits per heavy atom. The first-order valence-corrected chi connectivity index (χ1v) is 7.67. The number of carbonyl (C=O) groups is 1. The maximum Gasteiger partial charge on any atom is 0.354 e. The van der Waals surface area contributed by atoms with Crippen molar-refractivity contribution in [2.75, 3.05) is 25.5 Å². The van der Waals surface area contributed by atoms with Crippen LogP contribution in [-0.4, -0.2) is 52.9 Å². The highest BCUT2D eigenvalue weighted by Gasteiger charge is 2.32. The van der Waals surface area contributed by atoms with E-state index < -0.39 is 5.97 Å². The van der Waals surface area contributed by atoms with E-state index in [9.17, 15) is 4.79 Å². The summed E-state index contributed by atoms with van der Waals surface area (Å²) in [4.78, 5) is 18.9. The van der Waals surface area contributed by atoms with Crippen LogP contribution in [0.15, 0.2) is 23.4 Å². The maximum absolute atomic E-state index is 11.6. The van der Waals surface area contributed by atoms with Crippen molar-refractivity contribution in [2.24, 2.45) is 5.10 Å². The second-order valence-electron chi connectivity index (χ2n) is 5.90. The van der Waals surface area contributed by atoms with Crippen molar-refractivity contribution in [1.82, 2.24) is 15.0 Å². The molecular formula is C16H21N5O2. The monoisotopic (exact) mass is 315 g/mol. The lowest BCUT2D eigenvalue weighted by Gasteiger charge is -2.34. The topological polar surface area (TPSA) is 82.6 Å². The van der Waals surface area contributed by atoms with Gasteiger partial charge < -0.3 is 15.0 Å². The number of rotatable bonds is 5. The number of pyridine rings is 1. The van der Waals surface area contributed by atoms with Gasteiger partial charge in [0.1, 0.15) is 11.3 Å². The Hall–Kier alpha value is -2.57. The SMILES string of the molecule is CCN1N=CCC1(C)CNc1cnc2[nH]c(C(=O)OC)cc2c1. The summed E-state index contributed by atoms with van der Waals surface area (Å²) in [5.41, 5.74) is 1.96. The van der Waals surface area contributed by atoms with Crippen molar-refractivity contribution < 1.29 is 9.53 Å². The number of methoxy groups -OCH3 is 1. The molecule has 0 radical (unpaired) electrons. The van der Waals surface area contributed by atoms with Gasteiger partial charge in [0.05, 0.1) is 24.5 Å². The van der Waals surface area contributed by atoms with E-state index in [2.05, 4.69) is 39.2 Å². The molecule has 2 aromatic rings. The summed E-state index contributed by atoms with van der Waals surface area (Å²) in [6, 6.07) is 3.72. The van der Waals surface area contributed by atoms with Crippen LogP contribution in [0.5, 0.6) is 0 Å². The minimum atomic E-state index is -0.397. The molecule has 1 atom stereocenters. The molecule has 1 aliphatic rings. The Morgan fingerprint density at radius 2 is 2.35 bits per heavy atom. The summed E-state index contributed by atoms with van der Waals surface area (Å²) in [7, 11) is 1.36. The number of anilines is 1. The number of aromatic amines is 1. The summed E-state index contributed by atoms with van der Waals surface area (Å²) in [5.74, 6) is -0.397. The van der Waals surface area contributed by atoms with Crippen molar-refractivity contribution in [3.8, 4) is 0 Å². The zero-order valence-electron chi connectivity index (χ0n) is 13.6. The third kappa shape index (κ3) is 2.86. The van der Waals surface area contributed by atoms with Gasteiger partial charge >= 0.3 is 5.97 Å². The Morgan fingerprint density at radius 1 is 1.52 bits per heavy atom. The zero-order chi connectivity index (χ0) is 16.4. The molecule has 23 heavy (non-hydrogen) atoms. The van der Waals surface area contributed by atoms with Crippen LogP contribution in [0.3, 0.4) is 0 Å². The van der Waals surface area contributed by atoms with Crippen LogP contribution < -0.4 is 5.32 Å². The van der Waals surface area contributed by atoms with E-state index in [0.717, 1.165) is 30.6 Å². The van der Waals surface area contributed by atoms with Crippen molar-refractivity contribution >= 4 is 28.9 Å². The van der Waals surface area contributed by atoms with Gasteiger partial charge in [0.25, 0.3) is 0 Å². The summed E-state index contributed by atoms with van der Waals surface area (Å²) in [5, 5.41) is 10.8. The predicted molar refractivity (Wildman–Crippen MR) is 89.8 cm³/mol. The van der Waals surface area contributed by atoms with Crippen molar-refractivity contribution in [3.63, 3.8) is 0 Å². The number of hydrogen-bond donors (Lipinski definition) is 2. The predicted octanol–water partition coefficient (Wildman–Crippen LogP) is 2.23. The quantitative estimate of drug-likeness (QED) is 0.827. The van der Waals surface area contributed by atoms with Crippen LogP contribution in [-0.2, 0) is 4.74 Å². The summed E-state index contributed by atoms with van der Waals surface area (Å²) < 4.78 is 4.72. The molecule has 122 valence electrons. The molecule has 1 aliphatic heterocycles. The van der Waals surface area contributed by atoms with E-state index in [1.165, 1.54) is 7.11 Å². The molecule has 0 aliphatic carbocycles. The number of hydrazone groups is 1. The molecule has 0 amide bonds. The normalized spacial score (nSPS) is 20.2. The van der Waals surface area contributed by atoms with Crippen LogP contribution in [0.4, 0.5) is 5.69 Å². The number of H-pyrrole nitrogens is 1. The number of carbonyl (C=O) groups excluding carboxylic acids is 1. The minimum absolute atomic E-state index is 0.0287. The van der Waals surface area contributed by atoms with E-state index in [4.69, 9.17) is 4.74 Å². The average Bonchev–Trinajstić information content (AvgIpc) is 3.15. The van der Waals surface area contributed by atoms with Gasteiger partial charge in [0.2, 0.25) is 0 Å². The number of fused-ring (bicyclic) bond motifs is 1. The molecule has 0 saturated heterocycles. The number of aromatic nitrogens is 2. The van der Waals surface area contributed by atoms with Crippen LogP contribution in [0.2, 0.25) is 0 Å². The van der Waals surface area contributed by atoms with Gasteiger partial charge in [0.15, 0.2) is 0 Å². The van der Waals surface area contributed by atoms with Gasteiger partial charge in [-0.2, -0.15) is 5.10 Å². The number of likely N-dealkylation sites (N-methyl/N-ethyl adjacent to an activating group) is 1. The fraction of sp³-hybridized carbons (Fsp3) is 0.438. The third-order valence-corrected chi connectivity index (χ3v) is 4.22. The smallest absolute Gasteiger partial charge is 0.354 e. The third-order valence-electron chi connectivity index (χ3n) is 4.22. The summed E-state index contributed by atoms with van der Waals surface area (Å²) in [6.07, 6.45) is 4.64. The van der Waals surface area contributed by atoms with Gasteiger partial charge in [-0.05, 0) is 26.0 Å². The zero-order valence-corrected chi connectivity index (χ0v) is 13.6. The molecule has 2 N–H and O–H groups in total. The highest BCUT2D eigenvalue weighted by Crippen LogP contribution is 2.25. The largest absolute Gasteiger partial charge is 0.464 e. The first kappa shape index (κ1) is 15.3. The molecule has 7 nitrogen and oxygen atoms in total.